The highest BCUT2D eigenvalue weighted by Gasteiger charge is 2.27. The summed E-state index contributed by atoms with van der Waals surface area (Å²) in [6.07, 6.45) is 7.01. The van der Waals surface area contributed by atoms with Crippen molar-refractivity contribution in [3.63, 3.8) is 0 Å². The summed E-state index contributed by atoms with van der Waals surface area (Å²) in [5, 5.41) is 12.3. The molecule has 1 aliphatic rings. The molecule has 0 radical (unpaired) electrons. The van der Waals surface area contributed by atoms with Gasteiger partial charge in [-0.1, -0.05) is 13.2 Å². The molecule has 0 saturated heterocycles. The van der Waals surface area contributed by atoms with E-state index in [4.69, 9.17) is 10.7 Å². The molecular formula is C24H30FN7. The highest BCUT2D eigenvalue weighted by Crippen LogP contribution is 2.35. The van der Waals surface area contributed by atoms with Crippen LogP contribution in [-0.4, -0.2) is 30.1 Å². The number of nitrogens with one attached hydrogen (secondary N) is 1. The van der Waals surface area contributed by atoms with Crippen LogP contribution in [0.3, 0.4) is 0 Å². The first-order valence-corrected chi connectivity index (χ1v) is 10.6. The average molecular weight is 436 g/mol. The van der Waals surface area contributed by atoms with Crippen molar-refractivity contribution in [3.05, 3.63) is 54.6 Å². The quantitative estimate of drug-likeness (QED) is 0.651. The smallest absolute Gasteiger partial charge is 0.229 e. The Bertz CT molecular complexity index is 1050. The fraction of sp³-hybridized carbons (Fsp3) is 0.375. The van der Waals surface area contributed by atoms with E-state index in [1.54, 1.807) is 18.5 Å². The number of rotatable bonds is 7. The normalized spacial score (nSPS) is 17.8. The first kappa shape index (κ1) is 23.1. The molecule has 1 aromatic carbocycles. The molecule has 0 atom stereocenters. The summed E-state index contributed by atoms with van der Waals surface area (Å²) in [6, 6.07) is 5.60. The Morgan fingerprint density at radius 3 is 2.56 bits per heavy atom. The zero-order valence-electron chi connectivity index (χ0n) is 18.9. The maximum atomic E-state index is 14.4. The molecule has 2 aromatic rings. The van der Waals surface area contributed by atoms with Crippen LogP contribution in [0.4, 0.5) is 27.5 Å². The fourth-order valence-electron chi connectivity index (χ4n) is 4.01. The maximum absolute atomic E-state index is 14.4. The van der Waals surface area contributed by atoms with E-state index < -0.39 is 5.82 Å². The molecule has 0 spiro atoms. The van der Waals surface area contributed by atoms with Crippen LogP contribution in [0.25, 0.3) is 5.70 Å². The summed E-state index contributed by atoms with van der Waals surface area (Å²) < 4.78 is 14.4. The van der Waals surface area contributed by atoms with Gasteiger partial charge >= 0.3 is 0 Å². The lowest BCUT2D eigenvalue weighted by molar-refractivity contribution is 0.376. The van der Waals surface area contributed by atoms with Crippen LogP contribution in [0, 0.1) is 30.0 Å². The highest BCUT2D eigenvalue weighted by atomic mass is 19.1. The number of hydrogen-bond acceptors (Lipinski definition) is 7. The monoisotopic (exact) mass is 435 g/mol. The van der Waals surface area contributed by atoms with E-state index in [1.807, 2.05) is 25.9 Å². The van der Waals surface area contributed by atoms with Gasteiger partial charge in [-0.2, -0.15) is 10.2 Å². The molecular weight excluding hydrogens is 405 g/mol. The average Bonchev–Trinajstić information content (AvgIpc) is 2.77. The lowest BCUT2D eigenvalue weighted by Crippen LogP contribution is -2.35. The van der Waals surface area contributed by atoms with Crippen LogP contribution in [0.5, 0.6) is 0 Å². The second-order valence-electron chi connectivity index (χ2n) is 8.32. The lowest BCUT2D eigenvalue weighted by atomic mass is 9.86. The van der Waals surface area contributed by atoms with Gasteiger partial charge in [0.15, 0.2) is 5.82 Å². The van der Waals surface area contributed by atoms with Crippen LogP contribution in [0.1, 0.15) is 36.8 Å². The number of hydrogen-bond donors (Lipinski definition) is 2. The largest absolute Gasteiger partial charge is 0.399 e. The van der Waals surface area contributed by atoms with Crippen molar-refractivity contribution >= 4 is 28.8 Å². The van der Waals surface area contributed by atoms with E-state index >= 15 is 0 Å². The Hall–Kier alpha value is -3.60. The standard InChI is InChI=1S/C24H30FN7/c1-6-32(18-9-7-17(13-26)8-10-18)23-22(31(4)5)14-28-24(30-23)29-21-12-20(25)19(16(3)27)11-15(21)2/h6,11-12,14,17-18H,1,3,7-10,27H2,2,4-5H3,(H,28,29,30). The summed E-state index contributed by atoms with van der Waals surface area (Å²) in [7, 11) is 3.86. The number of aryl methyl sites for hydroxylation is 1. The molecule has 0 bridgehead atoms. The third kappa shape index (κ3) is 4.83. The van der Waals surface area contributed by atoms with Gasteiger partial charge in [0.25, 0.3) is 0 Å². The van der Waals surface area contributed by atoms with Crippen molar-refractivity contribution in [2.45, 2.75) is 38.6 Å². The molecule has 0 unspecified atom stereocenters. The lowest BCUT2D eigenvalue weighted by Gasteiger charge is -2.35. The van der Waals surface area contributed by atoms with E-state index in [9.17, 15) is 9.65 Å². The van der Waals surface area contributed by atoms with Gasteiger partial charge in [0.05, 0.1) is 18.0 Å². The van der Waals surface area contributed by atoms with Crippen LogP contribution in [0.15, 0.2) is 37.7 Å². The first-order valence-electron chi connectivity index (χ1n) is 10.6. The number of anilines is 4. The number of nitrogens with two attached hydrogens (primary N) is 1. The Morgan fingerprint density at radius 2 is 2.00 bits per heavy atom. The van der Waals surface area contributed by atoms with Crippen molar-refractivity contribution in [2.24, 2.45) is 11.7 Å². The van der Waals surface area contributed by atoms with Gasteiger partial charge in [0, 0.05) is 43.0 Å². The summed E-state index contributed by atoms with van der Waals surface area (Å²) >= 11 is 0. The molecule has 1 aliphatic carbocycles. The van der Waals surface area contributed by atoms with Crippen molar-refractivity contribution in [1.29, 1.82) is 5.26 Å². The minimum absolute atomic E-state index is 0.110. The predicted octanol–water partition coefficient (Wildman–Crippen LogP) is 4.70. The molecule has 3 rings (SSSR count). The summed E-state index contributed by atoms with van der Waals surface area (Å²) in [4.78, 5) is 13.2. The minimum Gasteiger partial charge on any atom is -0.399 e. The van der Waals surface area contributed by atoms with Crippen LogP contribution >= 0.6 is 0 Å². The Kier molecular flexibility index (Phi) is 6.98. The van der Waals surface area contributed by atoms with E-state index in [2.05, 4.69) is 34.4 Å². The zero-order chi connectivity index (χ0) is 23.4. The van der Waals surface area contributed by atoms with Gasteiger partial charge in [0.2, 0.25) is 5.95 Å². The summed E-state index contributed by atoms with van der Waals surface area (Å²) in [6.45, 7) is 9.48. The van der Waals surface area contributed by atoms with Crippen LogP contribution in [-0.2, 0) is 0 Å². The first-order chi connectivity index (χ1) is 15.2. The zero-order valence-corrected chi connectivity index (χ0v) is 18.9. The maximum Gasteiger partial charge on any atom is 0.229 e. The van der Waals surface area contributed by atoms with E-state index in [-0.39, 0.29) is 23.2 Å². The third-order valence-corrected chi connectivity index (χ3v) is 5.85. The number of aromatic nitrogens is 2. The SMILES string of the molecule is C=CN(c1nc(Nc2cc(F)c(C(=C)N)cc2C)ncc1N(C)C)C1CCC(C#N)CC1. The molecule has 8 heteroatoms. The molecule has 0 aliphatic heterocycles. The number of nitrogens with zero attached hydrogens (tertiary/aromatic N) is 5. The molecule has 7 nitrogen and oxygen atoms in total. The van der Waals surface area contributed by atoms with Gasteiger partial charge in [0.1, 0.15) is 5.82 Å². The second kappa shape index (κ2) is 9.69. The van der Waals surface area contributed by atoms with Crippen molar-refractivity contribution in [2.75, 3.05) is 29.2 Å². The van der Waals surface area contributed by atoms with Crippen molar-refractivity contribution in [3.8, 4) is 6.07 Å². The molecule has 32 heavy (non-hydrogen) atoms. The van der Waals surface area contributed by atoms with Crippen LogP contribution < -0.4 is 20.9 Å². The molecule has 1 saturated carbocycles. The summed E-state index contributed by atoms with van der Waals surface area (Å²) in [5.41, 5.74) is 8.32. The Balaban J connectivity index is 1.94. The van der Waals surface area contributed by atoms with Gasteiger partial charge in [-0.05, 0) is 56.5 Å². The van der Waals surface area contributed by atoms with Gasteiger partial charge in [-0.15, -0.1) is 0 Å². The van der Waals surface area contributed by atoms with Crippen molar-refractivity contribution in [1.82, 2.24) is 9.97 Å². The fourth-order valence-corrected chi connectivity index (χ4v) is 4.01. The number of halogens is 1. The molecule has 168 valence electrons. The molecule has 3 N–H and O–H groups in total. The molecule has 1 fully saturated rings. The number of benzene rings is 1. The molecule has 1 aromatic heterocycles. The highest BCUT2D eigenvalue weighted by molar-refractivity contribution is 5.71. The van der Waals surface area contributed by atoms with E-state index in [0.29, 0.717) is 17.5 Å². The predicted molar refractivity (Wildman–Crippen MR) is 128 cm³/mol. The Morgan fingerprint density at radius 1 is 1.31 bits per heavy atom. The molecule has 0 amide bonds. The van der Waals surface area contributed by atoms with E-state index in [1.165, 1.54) is 6.07 Å². The van der Waals surface area contributed by atoms with Gasteiger partial charge < -0.3 is 20.9 Å². The number of nitriles is 1. The molecule has 1 heterocycles. The van der Waals surface area contributed by atoms with Gasteiger partial charge in [-0.25, -0.2) is 9.37 Å². The van der Waals surface area contributed by atoms with Crippen molar-refractivity contribution < 1.29 is 4.39 Å². The Labute approximate surface area is 189 Å². The topological polar surface area (TPSA) is 94.1 Å². The second-order valence-corrected chi connectivity index (χ2v) is 8.32. The third-order valence-electron chi connectivity index (χ3n) is 5.85. The minimum atomic E-state index is -0.460. The van der Waals surface area contributed by atoms with Gasteiger partial charge in [-0.3, -0.25) is 0 Å². The summed E-state index contributed by atoms with van der Waals surface area (Å²) in [5.74, 6) is 0.718. The van der Waals surface area contributed by atoms with Crippen LogP contribution in [0.2, 0.25) is 0 Å². The van der Waals surface area contributed by atoms with E-state index in [0.717, 1.165) is 36.9 Å².